The Bertz CT molecular complexity index is 818. The van der Waals surface area contributed by atoms with Gasteiger partial charge >= 0.3 is 11.7 Å². The number of hydrogen-bond acceptors (Lipinski definition) is 3. The van der Waals surface area contributed by atoms with E-state index in [1.807, 2.05) is 0 Å². The molecule has 2 rings (SSSR count). The molecule has 25 heavy (non-hydrogen) atoms. The average molecular weight is 393 g/mol. The van der Waals surface area contributed by atoms with E-state index in [0.29, 0.717) is 21.3 Å². The molecule has 0 bridgehead atoms. The molecule has 1 aromatic carbocycles. The van der Waals surface area contributed by atoms with Crippen molar-refractivity contribution in [2.45, 2.75) is 32.9 Å². The predicted octanol–water partition coefficient (Wildman–Crippen LogP) is 3.38. The number of carbonyl (C=O) groups is 1. The number of carbonyl (C=O) groups excluding carboxylic acids is 1. The van der Waals surface area contributed by atoms with Crippen LogP contribution in [0.3, 0.4) is 0 Å². The number of rotatable bonds is 7. The van der Waals surface area contributed by atoms with Crippen LogP contribution in [-0.4, -0.2) is 28.1 Å². The molecule has 0 saturated carbocycles. The third-order valence-corrected chi connectivity index (χ3v) is 4.03. The number of hydrogen-bond donors (Lipinski definition) is 0. The summed E-state index contributed by atoms with van der Waals surface area (Å²) >= 11 is 12.0. The number of halogens is 4. The van der Waals surface area contributed by atoms with Crippen LogP contribution >= 0.6 is 23.2 Å². The van der Waals surface area contributed by atoms with Crippen LogP contribution in [0.1, 0.15) is 18.2 Å². The van der Waals surface area contributed by atoms with E-state index in [0.717, 1.165) is 9.13 Å². The van der Waals surface area contributed by atoms with Crippen LogP contribution < -0.4 is 5.69 Å². The molecule has 1 heterocycles. The van der Waals surface area contributed by atoms with Gasteiger partial charge in [-0.2, -0.15) is 0 Å². The van der Waals surface area contributed by atoms with Gasteiger partial charge in [-0.3, -0.25) is 13.9 Å². The number of aromatic nitrogens is 2. The standard InChI is InChI=1S/C16H16Cl2F2N2O3/c1-2-25-15(23)9-21-7-12(22(16(21)24)8-14(19)20)5-10-3-4-11(17)6-13(10)18/h3-4,6-7,14H,2,5,8-9H2,1H3. The third-order valence-electron chi connectivity index (χ3n) is 3.44. The molecule has 0 aliphatic carbocycles. The second kappa shape index (κ2) is 8.49. The Labute approximate surface area is 152 Å². The zero-order valence-corrected chi connectivity index (χ0v) is 14.9. The van der Waals surface area contributed by atoms with E-state index in [2.05, 4.69) is 0 Å². The Balaban J connectivity index is 2.37. The summed E-state index contributed by atoms with van der Waals surface area (Å²) < 4.78 is 32.5. The fourth-order valence-corrected chi connectivity index (χ4v) is 2.85. The predicted molar refractivity (Wildman–Crippen MR) is 90.6 cm³/mol. The Morgan fingerprint density at radius 1 is 1.32 bits per heavy atom. The van der Waals surface area contributed by atoms with Crippen molar-refractivity contribution in [3.63, 3.8) is 0 Å². The van der Waals surface area contributed by atoms with Crippen LogP contribution in [0.4, 0.5) is 8.78 Å². The smallest absolute Gasteiger partial charge is 0.329 e. The molecule has 0 amide bonds. The molecular formula is C16H16Cl2F2N2O3. The second-order valence-electron chi connectivity index (χ2n) is 5.25. The topological polar surface area (TPSA) is 53.2 Å². The molecule has 0 saturated heterocycles. The summed E-state index contributed by atoms with van der Waals surface area (Å²) in [6, 6.07) is 4.81. The minimum Gasteiger partial charge on any atom is -0.465 e. The Hall–Kier alpha value is -1.86. The van der Waals surface area contributed by atoms with E-state index >= 15 is 0 Å². The first-order valence-electron chi connectivity index (χ1n) is 7.48. The van der Waals surface area contributed by atoms with E-state index < -0.39 is 24.6 Å². The molecule has 0 aliphatic heterocycles. The lowest BCUT2D eigenvalue weighted by Crippen LogP contribution is -2.29. The van der Waals surface area contributed by atoms with Crippen molar-refractivity contribution in [3.05, 3.63) is 56.2 Å². The summed E-state index contributed by atoms with van der Waals surface area (Å²) in [6.45, 7) is 0.689. The monoisotopic (exact) mass is 392 g/mol. The van der Waals surface area contributed by atoms with Crippen molar-refractivity contribution in [1.29, 1.82) is 0 Å². The maximum Gasteiger partial charge on any atom is 0.329 e. The SMILES string of the molecule is CCOC(=O)Cn1cc(Cc2ccc(Cl)cc2Cl)n(CC(F)F)c1=O. The summed E-state index contributed by atoms with van der Waals surface area (Å²) in [6.07, 6.45) is -1.20. The van der Waals surface area contributed by atoms with Gasteiger partial charge in [0.05, 0.1) is 13.2 Å². The number of ether oxygens (including phenoxy) is 1. The lowest BCUT2D eigenvalue weighted by molar-refractivity contribution is -0.143. The lowest BCUT2D eigenvalue weighted by atomic mass is 10.1. The van der Waals surface area contributed by atoms with Gasteiger partial charge in [-0.15, -0.1) is 0 Å². The second-order valence-corrected chi connectivity index (χ2v) is 6.09. The molecule has 9 heteroatoms. The van der Waals surface area contributed by atoms with Crippen LogP contribution in [0.2, 0.25) is 10.0 Å². The maximum atomic E-state index is 12.8. The first-order valence-corrected chi connectivity index (χ1v) is 8.24. The highest BCUT2D eigenvalue weighted by atomic mass is 35.5. The van der Waals surface area contributed by atoms with Crippen LogP contribution in [0.15, 0.2) is 29.2 Å². The molecule has 0 spiro atoms. The minimum absolute atomic E-state index is 0.147. The molecule has 0 N–H and O–H groups in total. The fourth-order valence-electron chi connectivity index (χ4n) is 2.38. The Morgan fingerprint density at radius 3 is 2.64 bits per heavy atom. The first kappa shape index (κ1) is 19.5. The van der Waals surface area contributed by atoms with Gasteiger partial charge in [0.1, 0.15) is 6.54 Å². The van der Waals surface area contributed by atoms with E-state index in [9.17, 15) is 18.4 Å². The van der Waals surface area contributed by atoms with Crippen molar-refractivity contribution in [2.75, 3.05) is 6.61 Å². The zero-order chi connectivity index (χ0) is 18.6. The van der Waals surface area contributed by atoms with E-state index in [-0.39, 0.29) is 19.6 Å². The minimum atomic E-state index is -2.71. The number of esters is 1. The molecule has 0 fully saturated rings. The van der Waals surface area contributed by atoms with Gasteiger partial charge in [-0.05, 0) is 24.6 Å². The molecule has 0 atom stereocenters. The highest BCUT2D eigenvalue weighted by Crippen LogP contribution is 2.23. The molecule has 1 aromatic heterocycles. The molecule has 0 aliphatic rings. The summed E-state index contributed by atoms with van der Waals surface area (Å²) in [5, 5.41) is 0.806. The summed E-state index contributed by atoms with van der Waals surface area (Å²) in [5.41, 5.74) is 0.245. The summed E-state index contributed by atoms with van der Waals surface area (Å²) in [4.78, 5) is 23.9. The number of nitrogens with zero attached hydrogens (tertiary/aromatic N) is 2. The molecule has 0 radical (unpaired) electrons. The van der Waals surface area contributed by atoms with Gasteiger partial charge in [0.25, 0.3) is 6.43 Å². The van der Waals surface area contributed by atoms with Gasteiger partial charge in [0.15, 0.2) is 0 Å². The van der Waals surface area contributed by atoms with Crippen LogP contribution in [-0.2, 0) is 29.0 Å². The van der Waals surface area contributed by atoms with Crippen molar-refractivity contribution in [1.82, 2.24) is 9.13 Å². The van der Waals surface area contributed by atoms with Gasteiger partial charge in [-0.25, -0.2) is 13.6 Å². The van der Waals surface area contributed by atoms with Gasteiger partial charge in [0.2, 0.25) is 0 Å². The highest BCUT2D eigenvalue weighted by molar-refractivity contribution is 6.35. The normalized spacial score (nSPS) is 11.1. The van der Waals surface area contributed by atoms with Gasteiger partial charge < -0.3 is 4.74 Å². The molecular weight excluding hydrogens is 377 g/mol. The third kappa shape index (κ3) is 5.06. The van der Waals surface area contributed by atoms with Crippen molar-refractivity contribution in [3.8, 4) is 0 Å². The highest BCUT2D eigenvalue weighted by Gasteiger charge is 2.18. The van der Waals surface area contributed by atoms with Crippen LogP contribution in [0.5, 0.6) is 0 Å². The quantitative estimate of drug-likeness (QED) is 0.678. The molecule has 0 unspecified atom stereocenters. The van der Waals surface area contributed by atoms with E-state index in [4.69, 9.17) is 27.9 Å². The first-order chi connectivity index (χ1) is 11.8. The number of benzene rings is 1. The number of alkyl halides is 2. The fraction of sp³-hybridized carbons (Fsp3) is 0.375. The molecule has 2 aromatic rings. The van der Waals surface area contributed by atoms with E-state index in [1.54, 1.807) is 19.1 Å². The van der Waals surface area contributed by atoms with Crippen molar-refractivity contribution >= 4 is 29.2 Å². The number of imidazole rings is 1. The zero-order valence-electron chi connectivity index (χ0n) is 13.3. The average Bonchev–Trinajstić information content (AvgIpc) is 2.78. The molecule has 5 nitrogen and oxygen atoms in total. The lowest BCUT2D eigenvalue weighted by Gasteiger charge is -2.08. The van der Waals surface area contributed by atoms with Gasteiger partial charge in [-0.1, -0.05) is 29.3 Å². The van der Waals surface area contributed by atoms with E-state index in [1.165, 1.54) is 12.3 Å². The Kier molecular flexibility index (Phi) is 6.61. The van der Waals surface area contributed by atoms with Crippen molar-refractivity contribution < 1.29 is 18.3 Å². The van der Waals surface area contributed by atoms with Crippen LogP contribution in [0.25, 0.3) is 0 Å². The summed E-state index contributed by atoms with van der Waals surface area (Å²) in [5.74, 6) is -0.616. The summed E-state index contributed by atoms with van der Waals surface area (Å²) in [7, 11) is 0. The molecule has 136 valence electrons. The largest absolute Gasteiger partial charge is 0.465 e. The Morgan fingerprint density at radius 2 is 2.04 bits per heavy atom. The maximum absolute atomic E-state index is 12.8. The van der Waals surface area contributed by atoms with Crippen molar-refractivity contribution in [2.24, 2.45) is 0 Å². The van der Waals surface area contributed by atoms with Gasteiger partial charge in [0, 0.05) is 28.4 Å². The van der Waals surface area contributed by atoms with Crippen LogP contribution in [0, 0.1) is 0 Å².